The number of likely N-dealkylation sites (tertiary alicyclic amines) is 1. The van der Waals surface area contributed by atoms with Crippen LogP contribution in [-0.2, 0) is 9.53 Å². The quantitative estimate of drug-likeness (QED) is 0.441. The molecule has 0 bridgehead atoms. The molecule has 2 fully saturated rings. The van der Waals surface area contributed by atoms with E-state index in [4.69, 9.17) is 4.74 Å². The van der Waals surface area contributed by atoms with Gasteiger partial charge < -0.3 is 15.2 Å². The number of morpholine rings is 1. The molecule has 0 aromatic heterocycles. The Hall–Kier alpha value is -1.22. The number of imide groups is 1. The molecule has 1 unspecified atom stereocenters. The second-order valence-corrected chi connectivity index (χ2v) is 6.35. The molecular formula is C16H30N4O4. The van der Waals surface area contributed by atoms with Crippen LogP contribution in [-0.4, -0.2) is 97.5 Å². The van der Waals surface area contributed by atoms with Crippen molar-refractivity contribution in [1.29, 1.82) is 0 Å². The molecule has 0 radical (unpaired) electrons. The van der Waals surface area contributed by atoms with E-state index < -0.39 is 0 Å². The molecule has 2 N–H and O–H groups in total. The van der Waals surface area contributed by atoms with Crippen LogP contribution in [0, 0.1) is 0 Å². The molecule has 24 heavy (non-hydrogen) atoms. The number of urea groups is 1. The Balaban J connectivity index is 1.55. The molecule has 0 spiro atoms. The monoisotopic (exact) mass is 342 g/mol. The van der Waals surface area contributed by atoms with Crippen molar-refractivity contribution in [3.63, 3.8) is 0 Å². The second kappa shape index (κ2) is 10.6. The number of nitrogens with one attached hydrogen (secondary N) is 1. The third kappa shape index (κ3) is 6.35. The summed E-state index contributed by atoms with van der Waals surface area (Å²) in [6.45, 7) is 6.82. The summed E-state index contributed by atoms with van der Waals surface area (Å²) in [4.78, 5) is 28.6. The predicted octanol–water partition coefficient (Wildman–Crippen LogP) is -0.319. The van der Waals surface area contributed by atoms with Gasteiger partial charge in [0, 0.05) is 45.8 Å². The van der Waals surface area contributed by atoms with Crippen LogP contribution in [0.1, 0.15) is 25.7 Å². The van der Waals surface area contributed by atoms with Crippen molar-refractivity contribution in [2.45, 2.75) is 31.9 Å². The molecule has 3 amide bonds. The average molecular weight is 342 g/mol. The fourth-order valence-electron chi connectivity index (χ4n) is 3.14. The molecule has 2 aliphatic rings. The smallest absolute Gasteiger partial charge is 0.323 e. The third-order valence-electron chi connectivity index (χ3n) is 4.59. The number of hydrogen-bond acceptors (Lipinski definition) is 6. The molecule has 2 heterocycles. The zero-order valence-electron chi connectivity index (χ0n) is 14.4. The summed E-state index contributed by atoms with van der Waals surface area (Å²) in [6.07, 6.45) is 3.64. The number of ether oxygens (including phenoxy) is 1. The van der Waals surface area contributed by atoms with Gasteiger partial charge in [-0.15, -0.1) is 0 Å². The Morgan fingerprint density at radius 2 is 2.04 bits per heavy atom. The Morgan fingerprint density at radius 1 is 1.25 bits per heavy atom. The van der Waals surface area contributed by atoms with E-state index >= 15 is 0 Å². The van der Waals surface area contributed by atoms with E-state index in [2.05, 4.69) is 10.2 Å². The van der Waals surface area contributed by atoms with Crippen LogP contribution >= 0.6 is 0 Å². The maximum absolute atomic E-state index is 12.0. The van der Waals surface area contributed by atoms with Gasteiger partial charge in [0.05, 0.1) is 13.2 Å². The van der Waals surface area contributed by atoms with Crippen LogP contribution in [0.3, 0.4) is 0 Å². The molecule has 1 atom stereocenters. The van der Waals surface area contributed by atoms with Crippen molar-refractivity contribution < 1.29 is 19.4 Å². The van der Waals surface area contributed by atoms with Crippen LogP contribution in [0.5, 0.6) is 0 Å². The standard InChI is InChI=1S/C16H30N4O4/c21-14-20(9-3-6-18-10-12-24-13-11-18)16(23)17-5-2-8-19-7-1-4-15(19)22/h14-15,22H,1-13H2,(H,17,23). The molecular weight excluding hydrogens is 312 g/mol. The van der Waals surface area contributed by atoms with Crippen molar-refractivity contribution in [1.82, 2.24) is 20.0 Å². The van der Waals surface area contributed by atoms with Crippen LogP contribution in [0.25, 0.3) is 0 Å². The molecule has 8 heteroatoms. The normalized spacial score (nSPS) is 22.5. The minimum atomic E-state index is -0.340. The minimum absolute atomic E-state index is 0.339. The van der Waals surface area contributed by atoms with Crippen molar-refractivity contribution in [2.24, 2.45) is 0 Å². The number of carbonyl (C=O) groups excluding carboxylic acids is 2. The zero-order chi connectivity index (χ0) is 17.2. The largest absolute Gasteiger partial charge is 0.379 e. The highest BCUT2D eigenvalue weighted by molar-refractivity contribution is 5.84. The second-order valence-electron chi connectivity index (χ2n) is 6.35. The van der Waals surface area contributed by atoms with Gasteiger partial charge in [-0.3, -0.25) is 19.5 Å². The number of amides is 3. The molecule has 0 aliphatic carbocycles. The highest BCUT2D eigenvalue weighted by Gasteiger charge is 2.21. The fourth-order valence-corrected chi connectivity index (χ4v) is 3.14. The van der Waals surface area contributed by atoms with E-state index in [1.165, 1.54) is 4.90 Å². The van der Waals surface area contributed by atoms with Crippen molar-refractivity contribution in [3.8, 4) is 0 Å². The van der Waals surface area contributed by atoms with Crippen LogP contribution in [0.4, 0.5) is 4.79 Å². The van der Waals surface area contributed by atoms with Gasteiger partial charge >= 0.3 is 6.03 Å². The highest BCUT2D eigenvalue weighted by Crippen LogP contribution is 2.14. The summed E-state index contributed by atoms with van der Waals surface area (Å²) in [5.74, 6) is 0. The zero-order valence-corrected chi connectivity index (χ0v) is 14.4. The van der Waals surface area contributed by atoms with Gasteiger partial charge in [-0.05, 0) is 25.7 Å². The number of aliphatic hydroxyl groups excluding tert-OH is 1. The predicted molar refractivity (Wildman–Crippen MR) is 89.5 cm³/mol. The van der Waals surface area contributed by atoms with Gasteiger partial charge in [-0.1, -0.05) is 0 Å². The topological polar surface area (TPSA) is 85.4 Å². The maximum Gasteiger partial charge on any atom is 0.323 e. The van der Waals surface area contributed by atoms with Gasteiger partial charge in [-0.2, -0.15) is 0 Å². The van der Waals surface area contributed by atoms with E-state index in [9.17, 15) is 14.7 Å². The number of nitrogens with zero attached hydrogens (tertiary/aromatic N) is 3. The lowest BCUT2D eigenvalue weighted by Gasteiger charge is -2.27. The lowest BCUT2D eigenvalue weighted by Crippen LogP contribution is -2.42. The van der Waals surface area contributed by atoms with Crippen LogP contribution in [0.2, 0.25) is 0 Å². The van der Waals surface area contributed by atoms with E-state index in [0.717, 1.165) is 71.6 Å². The third-order valence-corrected chi connectivity index (χ3v) is 4.59. The fraction of sp³-hybridized carbons (Fsp3) is 0.875. The van der Waals surface area contributed by atoms with Crippen LogP contribution in [0.15, 0.2) is 0 Å². The first-order valence-electron chi connectivity index (χ1n) is 8.92. The SMILES string of the molecule is O=CN(CCCN1CCOCC1)C(=O)NCCCN1CCCC1O. The lowest BCUT2D eigenvalue weighted by molar-refractivity contribution is -0.115. The molecule has 2 saturated heterocycles. The van der Waals surface area contributed by atoms with E-state index in [0.29, 0.717) is 19.5 Å². The van der Waals surface area contributed by atoms with E-state index in [-0.39, 0.29) is 12.3 Å². The van der Waals surface area contributed by atoms with E-state index in [1.54, 1.807) is 0 Å². The summed E-state index contributed by atoms with van der Waals surface area (Å²) < 4.78 is 5.29. The Kier molecular flexibility index (Phi) is 8.44. The van der Waals surface area contributed by atoms with Crippen molar-refractivity contribution >= 4 is 12.4 Å². The Morgan fingerprint density at radius 3 is 2.71 bits per heavy atom. The van der Waals surface area contributed by atoms with E-state index in [1.807, 2.05) is 4.90 Å². The summed E-state index contributed by atoms with van der Waals surface area (Å²) in [5, 5.41) is 12.5. The number of carbonyl (C=O) groups is 2. The Labute approximate surface area is 143 Å². The van der Waals surface area contributed by atoms with Gasteiger partial charge in [0.15, 0.2) is 0 Å². The molecule has 138 valence electrons. The molecule has 0 aromatic rings. The van der Waals surface area contributed by atoms with Crippen molar-refractivity contribution in [3.05, 3.63) is 0 Å². The summed E-state index contributed by atoms with van der Waals surface area (Å²) >= 11 is 0. The highest BCUT2D eigenvalue weighted by atomic mass is 16.5. The molecule has 2 rings (SSSR count). The van der Waals surface area contributed by atoms with Gasteiger partial charge in [-0.25, -0.2) is 4.79 Å². The summed E-state index contributed by atoms with van der Waals surface area (Å²) in [6, 6.07) is -0.339. The lowest BCUT2D eigenvalue weighted by atomic mass is 10.3. The molecule has 8 nitrogen and oxygen atoms in total. The Bertz CT molecular complexity index is 390. The average Bonchev–Trinajstić information content (AvgIpc) is 3.01. The summed E-state index contributed by atoms with van der Waals surface area (Å²) in [5.41, 5.74) is 0. The maximum atomic E-state index is 12.0. The van der Waals surface area contributed by atoms with Crippen LogP contribution < -0.4 is 5.32 Å². The van der Waals surface area contributed by atoms with Gasteiger partial charge in [0.2, 0.25) is 6.41 Å². The van der Waals surface area contributed by atoms with Crippen molar-refractivity contribution in [2.75, 3.05) is 59.0 Å². The first kappa shape index (κ1) is 19.1. The minimum Gasteiger partial charge on any atom is -0.379 e. The summed E-state index contributed by atoms with van der Waals surface area (Å²) in [7, 11) is 0. The number of rotatable bonds is 9. The number of hydrogen-bond donors (Lipinski definition) is 2. The number of aliphatic hydroxyl groups is 1. The molecule has 0 saturated carbocycles. The molecule has 2 aliphatic heterocycles. The first-order valence-corrected chi connectivity index (χ1v) is 8.92. The van der Waals surface area contributed by atoms with Gasteiger partial charge in [0.25, 0.3) is 0 Å². The van der Waals surface area contributed by atoms with Gasteiger partial charge in [0.1, 0.15) is 6.23 Å². The molecule has 0 aromatic carbocycles. The first-order chi connectivity index (χ1) is 11.7.